The van der Waals surface area contributed by atoms with E-state index < -0.39 is 5.60 Å². The maximum atomic E-state index is 11.6. The van der Waals surface area contributed by atoms with Crippen molar-refractivity contribution in [1.82, 2.24) is 4.90 Å². The van der Waals surface area contributed by atoms with Crippen LogP contribution in [-0.4, -0.2) is 42.0 Å². The lowest BCUT2D eigenvalue weighted by molar-refractivity contribution is -0.100. The largest absolute Gasteiger partial charge is 0.392 e. The Hall–Kier alpha value is -1.39. The van der Waals surface area contributed by atoms with Gasteiger partial charge in [0.1, 0.15) is 12.2 Å². The molecular formula is C21H30N2O2. The minimum Gasteiger partial charge on any atom is -0.392 e. The third-order valence-corrected chi connectivity index (χ3v) is 6.47. The number of nitrogens with zero attached hydrogens (tertiary/aromatic N) is 2. The van der Waals surface area contributed by atoms with Crippen LogP contribution >= 0.6 is 0 Å². The first-order valence-corrected chi connectivity index (χ1v) is 9.95. The fourth-order valence-electron chi connectivity index (χ4n) is 4.84. The number of aliphatic hydroxyl groups is 1. The molecular weight excluding hydrogens is 312 g/mol. The van der Waals surface area contributed by atoms with E-state index in [1.807, 2.05) is 30.3 Å². The monoisotopic (exact) mass is 342 g/mol. The van der Waals surface area contributed by atoms with Crippen LogP contribution in [0.15, 0.2) is 35.5 Å². The molecule has 3 heterocycles. The Morgan fingerprint density at radius 1 is 1.04 bits per heavy atom. The second kappa shape index (κ2) is 7.46. The molecule has 1 saturated carbocycles. The van der Waals surface area contributed by atoms with Crippen molar-refractivity contribution in [3.63, 3.8) is 0 Å². The van der Waals surface area contributed by atoms with Crippen LogP contribution in [0.3, 0.4) is 0 Å². The molecule has 0 amide bonds. The van der Waals surface area contributed by atoms with Gasteiger partial charge in [0.05, 0.1) is 5.71 Å². The number of benzene rings is 1. The molecule has 5 rings (SSSR count). The summed E-state index contributed by atoms with van der Waals surface area (Å²) in [5.41, 5.74) is 1.22. The molecule has 1 aliphatic carbocycles. The van der Waals surface area contributed by atoms with Crippen LogP contribution in [0.5, 0.6) is 0 Å². The number of piperidine rings is 3. The lowest BCUT2D eigenvalue weighted by atomic mass is 9.74. The highest BCUT2D eigenvalue weighted by molar-refractivity contribution is 5.89. The molecule has 1 atom stereocenters. The van der Waals surface area contributed by atoms with Gasteiger partial charge >= 0.3 is 0 Å². The summed E-state index contributed by atoms with van der Waals surface area (Å²) in [6.45, 7) is 3.59. The minimum atomic E-state index is -0.931. The average molecular weight is 342 g/mol. The lowest BCUT2D eigenvalue weighted by Gasteiger charge is -2.40. The zero-order chi connectivity index (χ0) is 17.1. The second-order valence-corrected chi connectivity index (χ2v) is 8.03. The highest BCUT2D eigenvalue weighted by atomic mass is 16.6. The van der Waals surface area contributed by atoms with E-state index in [0.29, 0.717) is 5.92 Å². The van der Waals surface area contributed by atoms with E-state index in [1.165, 1.54) is 50.9 Å². The Kier molecular flexibility index (Phi) is 5.09. The van der Waals surface area contributed by atoms with Crippen LogP contribution in [0.2, 0.25) is 0 Å². The zero-order valence-electron chi connectivity index (χ0n) is 15.1. The maximum Gasteiger partial charge on any atom is 0.150 e. The first kappa shape index (κ1) is 17.0. The molecule has 3 aliphatic heterocycles. The summed E-state index contributed by atoms with van der Waals surface area (Å²) >= 11 is 0. The molecule has 1 aromatic rings. The van der Waals surface area contributed by atoms with Crippen LogP contribution in [0.25, 0.3) is 0 Å². The van der Waals surface area contributed by atoms with E-state index in [0.717, 1.165) is 24.9 Å². The maximum absolute atomic E-state index is 11.6. The molecule has 0 aromatic heterocycles. The minimum absolute atomic E-state index is 0.260. The number of fused-ring (bicyclic) bond motifs is 3. The molecule has 4 nitrogen and oxygen atoms in total. The van der Waals surface area contributed by atoms with Gasteiger partial charge in [0.2, 0.25) is 0 Å². The van der Waals surface area contributed by atoms with Gasteiger partial charge in [-0.05, 0) is 50.3 Å². The summed E-state index contributed by atoms with van der Waals surface area (Å²) in [7, 11) is 0. The van der Waals surface area contributed by atoms with Gasteiger partial charge < -0.3 is 9.94 Å². The van der Waals surface area contributed by atoms with Gasteiger partial charge in [0.15, 0.2) is 0 Å². The Labute approximate surface area is 150 Å². The number of rotatable bonds is 5. The molecule has 0 spiro atoms. The van der Waals surface area contributed by atoms with Crippen molar-refractivity contribution in [2.45, 2.75) is 50.5 Å². The predicted molar refractivity (Wildman–Crippen MR) is 99.5 cm³/mol. The fourth-order valence-corrected chi connectivity index (χ4v) is 4.84. The van der Waals surface area contributed by atoms with E-state index in [2.05, 4.69) is 10.1 Å². The third kappa shape index (κ3) is 3.61. The number of hydrogen-bond acceptors (Lipinski definition) is 4. The average Bonchev–Trinajstić information content (AvgIpc) is 2.70. The van der Waals surface area contributed by atoms with Crippen LogP contribution in [0.4, 0.5) is 0 Å². The summed E-state index contributed by atoms with van der Waals surface area (Å²) < 4.78 is 0. The van der Waals surface area contributed by atoms with E-state index in [9.17, 15) is 5.11 Å². The van der Waals surface area contributed by atoms with Gasteiger partial charge in [-0.3, -0.25) is 4.90 Å². The fraction of sp³-hybridized carbons (Fsp3) is 0.667. The van der Waals surface area contributed by atoms with E-state index in [4.69, 9.17) is 4.84 Å². The first-order valence-electron chi connectivity index (χ1n) is 9.95. The first-order chi connectivity index (χ1) is 12.3. The van der Waals surface area contributed by atoms with Crippen LogP contribution in [0.1, 0.15) is 50.5 Å². The molecule has 1 aromatic carbocycles. The van der Waals surface area contributed by atoms with Gasteiger partial charge in [0, 0.05) is 12.5 Å². The lowest BCUT2D eigenvalue weighted by Crippen LogP contribution is -2.48. The Balaban J connectivity index is 1.48. The zero-order valence-corrected chi connectivity index (χ0v) is 15.1. The van der Waals surface area contributed by atoms with Gasteiger partial charge in [-0.15, -0.1) is 0 Å². The van der Waals surface area contributed by atoms with Crippen molar-refractivity contribution in [2.75, 3.05) is 26.2 Å². The molecule has 2 bridgehead atoms. The molecule has 136 valence electrons. The van der Waals surface area contributed by atoms with Crippen LogP contribution in [0, 0.1) is 11.8 Å². The van der Waals surface area contributed by atoms with Crippen molar-refractivity contribution < 1.29 is 9.94 Å². The third-order valence-electron chi connectivity index (χ3n) is 6.47. The molecule has 0 unspecified atom stereocenters. The van der Waals surface area contributed by atoms with E-state index in [1.54, 1.807) is 0 Å². The Bertz CT molecular complexity index is 589. The SMILES string of the molecule is O[C@@](CO/N=C1/CN2CCC1CC2)(c1ccccc1)C1CCCCC1. The van der Waals surface area contributed by atoms with Crippen LogP contribution < -0.4 is 0 Å². The number of hydrogen-bond donors (Lipinski definition) is 1. The molecule has 3 saturated heterocycles. The summed E-state index contributed by atoms with van der Waals surface area (Å²) in [5.74, 6) is 0.847. The van der Waals surface area contributed by atoms with Crippen molar-refractivity contribution >= 4 is 5.71 Å². The van der Waals surface area contributed by atoms with E-state index >= 15 is 0 Å². The molecule has 25 heavy (non-hydrogen) atoms. The summed E-state index contributed by atoms with van der Waals surface area (Å²) in [4.78, 5) is 8.26. The smallest absolute Gasteiger partial charge is 0.150 e. The van der Waals surface area contributed by atoms with Gasteiger partial charge in [0.25, 0.3) is 0 Å². The predicted octanol–water partition coefficient (Wildman–Crippen LogP) is 3.55. The Morgan fingerprint density at radius 3 is 2.40 bits per heavy atom. The standard InChI is InChI=1S/C21H30N2O2/c24-21(18-7-3-1-4-8-18,19-9-5-2-6-10-19)16-25-22-20-15-23-13-11-17(20)12-14-23/h1,3-4,7-8,17,19,24H,2,5-6,9-16H2/b22-20-/t21-/m0/s1. The highest BCUT2D eigenvalue weighted by Crippen LogP contribution is 2.39. The molecule has 4 fully saturated rings. The van der Waals surface area contributed by atoms with Gasteiger partial charge in [-0.1, -0.05) is 54.8 Å². The van der Waals surface area contributed by atoms with E-state index in [-0.39, 0.29) is 12.5 Å². The Morgan fingerprint density at radius 2 is 1.76 bits per heavy atom. The normalized spacial score (nSPS) is 31.0. The molecule has 0 radical (unpaired) electrons. The van der Waals surface area contributed by atoms with Crippen molar-refractivity contribution in [3.05, 3.63) is 35.9 Å². The van der Waals surface area contributed by atoms with Gasteiger partial charge in [-0.2, -0.15) is 0 Å². The number of oxime groups is 1. The van der Waals surface area contributed by atoms with Crippen molar-refractivity contribution in [1.29, 1.82) is 0 Å². The van der Waals surface area contributed by atoms with Crippen LogP contribution in [-0.2, 0) is 10.4 Å². The summed E-state index contributed by atoms with van der Waals surface area (Å²) in [5, 5.41) is 16.1. The summed E-state index contributed by atoms with van der Waals surface area (Å²) in [6, 6.07) is 10.1. The van der Waals surface area contributed by atoms with Gasteiger partial charge in [-0.25, -0.2) is 0 Å². The quantitative estimate of drug-likeness (QED) is 0.832. The summed E-state index contributed by atoms with van der Waals surface area (Å²) in [6.07, 6.45) is 8.23. The topological polar surface area (TPSA) is 45.1 Å². The van der Waals surface area contributed by atoms with Crippen molar-refractivity contribution in [2.24, 2.45) is 17.0 Å². The molecule has 1 N–H and O–H groups in total. The molecule has 4 heteroatoms. The van der Waals surface area contributed by atoms with Crippen molar-refractivity contribution in [3.8, 4) is 0 Å². The second-order valence-electron chi connectivity index (χ2n) is 8.03. The molecule has 4 aliphatic rings. The highest BCUT2D eigenvalue weighted by Gasteiger charge is 2.40.